The van der Waals surface area contributed by atoms with Crippen LogP contribution in [0.15, 0.2) is 23.0 Å². The maximum absolute atomic E-state index is 13.1. The highest BCUT2D eigenvalue weighted by Crippen LogP contribution is 2.33. The molecular weight excluding hydrogens is 436 g/mol. The first-order chi connectivity index (χ1) is 15.7. The molecule has 0 spiro atoms. The molecule has 33 heavy (non-hydrogen) atoms. The molecule has 2 fully saturated rings. The number of H-pyrrole nitrogens is 1. The molecule has 178 valence electrons. The third kappa shape index (κ3) is 5.61. The van der Waals surface area contributed by atoms with Crippen LogP contribution in [0.2, 0.25) is 5.02 Å². The van der Waals surface area contributed by atoms with Crippen LogP contribution >= 0.6 is 11.6 Å². The molecule has 2 N–H and O–H groups in total. The number of aromatic amines is 1. The average Bonchev–Trinajstić information content (AvgIpc) is 3.58. The molecule has 0 bridgehead atoms. The van der Waals surface area contributed by atoms with Gasteiger partial charge in [-0.05, 0) is 81.7 Å². The molecule has 0 radical (unpaired) electrons. The predicted octanol–water partition coefficient (Wildman–Crippen LogP) is 4.19. The number of pyridine rings is 1. The molecular formula is C26H35ClN4O2. The SMILES string of the molecule is Cc1cc(C)c(CNC(=O)c2cc(Cl)cc(N(C)C3CCN(CC4CC4)CC3)c2C)c(=O)[nH]1. The molecule has 2 aliphatic rings. The van der Waals surface area contributed by atoms with E-state index in [0.717, 1.165) is 54.4 Å². The monoisotopic (exact) mass is 470 g/mol. The normalized spacial score (nSPS) is 17.2. The highest BCUT2D eigenvalue weighted by molar-refractivity contribution is 6.31. The lowest BCUT2D eigenvalue weighted by Crippen LogP contribution is -2.44. The van der Waals surface area contributed by atoms with E-state index < -0.39 is 0 Å². The van der Waals surface area contributed by atoms with Gasteiger partial charge in [-0.2, -0.15) is 0 Å². The van der Waals surface area contributed by atoms with Gasteiger partial charge in [0, 0.05) is 66.8 Å². The average molecular weight is 471 g/mol. The van der Waals surface area contributed by atoms with Crippen molar-refractivity contribution in [3.63, 3.8) is 0 Å². The fourth-order valence-corrected chi connectivity index (χ4v) is 5.20. The number of carbonyl (C=O) groups excluding carboxylic acids is 1. The summed E-state index contributed by atoms with van der Waals surface area (Å²) in [5.41, 5.74) is 4.55. The van der Waals surface area contributed by atoms with Crippen molar-refractivity contribution in [2.24, 2.45) is 5.92 Å². The first-order valence-corrected chi connectivity index (χ1v) is 12.3. The maximum atomic E-state index is 13.1. The number of aryl methyl sites for hydroxylation is 2. The van der Waals surface area contributed by atoms with E-state index in [-0.39, 0.29) is 18.0 Å². The molecule has 7 heteroatoms. The number of anilines is 1. The van der Waals surface area contributed by atoms with Crippen molar-refractivity contribution < 1.29 is 4.79 Å². The van der Waals surface area contributed by atoms with Crippen molar-refractivity contribution in [1.82, 2.24) is 15.2 Å². The van der Waals surface area contributed by atoms with Gasteiger partial charge in [0.15, 0.2) is 0 Å². The van der Waals surface area contributed by atoms with E-state index in [9.17, 15) is 9.59 Å². The number of benzene rings is 1. The molecule has 1 aromatic heterocycles. The molecule has 1 aromatic carbocycles. The van der Waals surface area contributed by atoms with E-state index in [1.165, 1.54) is 19.4 Å². The summed E-state index contributed by atoms with van der Waals surface area (Å²) in [5, 5.41) is 3.46. The third-order valence-corrected chi connectivity index (χ3v) is 7.43. The number of piperidine rings is 1. The Morgan fingerprint density at radius 2 is 1.85 bits per heavy atom. The first-order valence-electron chi connectivity index (χ1n) is 12.0. The van der Waals surface area contributed by atoms with Crippen LogP contribution in [0.1, 0.15) is 58.4 Å². The molecule has 1 saturated carbocycles. The molecule has 4 rings (SSSR count). The lowest BCUT2D eigenvalue weighted by molar-refractivity contribution is 0.0950. The number of aromatic nitrogens is 1. The number of halogens is 1. The summed E-state index contributed by atoms with van der Waals surface area (Å²) in [5.74, 6) is 0.707. The molecule has 1 amide bonds. The van der Waals surface area contributed by atoms with Crippen molar-refractivity contribution >= 4 is 23.2 Å². The van der Waals surface area contributed by atoms with Gasteiger partial charge in [-0.3, -0.25) is 9.59 Å². The van der Waals surface area contributed by atoms with Crippen LogP contribution in [-0.4, -0.2) is 48.5 Å². The van der Waals surface area contributed by atoms with Gasteiger partial charge in [-0.25, -0.2) is 0 Å². The lowest BCUT2D eigenvalue weighted by Gasteiger charge is -2.38. The van der Waals surface area contributed by atoms with Gasteiger partial charge in [-0.1, -0.05) is 11.6 Å². The van der Waals surface area contributed by atoms with Crippen molar-refractivity contribution in [3.8, 4) is 0 Å². The van der Waals surface area contributed by atoms with Gasteiger partial charge in [0.05, 0.1) is 0 Å². The highest BCUT2D eigenvalue weighted by atomic mass is 35.5. The zero-order valence-electron chi connectivity index (χ0n) is 20.1. The minimum atomic E-state index is -0.219. The van der Waals surface area contributed by atoms with Gasteiger partial charge < -0.3 is 20.1 Å². The molecule has 6 nitrogen and oxygen atoms in total. The zero-order valence-corrected chi connectivity index (χ0v) is 20.9. The number of nitrogens with one attached hydrogen (secondary N) is 2. The molecule has 0 atom stereocenters. The largest absolute Gasteiger partial charge is 0.371 e. The molecule has 2 aromatic rings. The Balaban J connectivity index is 1.46. The number of hydrogen-bond donors (Lipinski definition) is 2. The zero-order chi connectivity index (χ0) is 23.7. The molecule has 1 aliphatic carbocycles. The van der Waals surface area contributed by atoms with Gasteiger partial charge in [0.25, 0.3) is 11.5 Å². The van der Waals surface area contributed by atoms with Crippen LogP contribution in [0.25, 0.3) is 0 Å². The fourth-order valence-electron chi connectivity index (χ4n) is 4.98. The summed E-state index contributed by atoms with van der Waals surface area (Å²) in [6.07, 6.45) is 5.02. The third-order valence-electron chi connectivity index (χ3n) is 7.21. The Bertz CT molecular complexity index is 1080. The van der Waals surface area contributed by atoms with Gasteiger partial charge in [0.2, 0.25) is 0 Å². The van der Waals surface area contributed by atoms with Gasteiger partial charge >= 0.3 is 0 Å². The second kappa shape index (κ2) is 9.90. The van der Waals surface area contributed by atoms with Crippen molar-refractivity contribution in [2.45, 2.75) is 59.0 Å². The van der Waals surface area contributed by atoms with Crippen LogP contribution in [0.4, 0.5) is 5.69 Å². The number of rotatable bonds is 7. The summed E-state index contributed by atoms with van der Waals surface area (Å²) < 4.78 is 0. The summed E-state index contributed by atoms with van der Waals surface area (Å²) in [4.78, 5) is 33.1. The van der Waals surface area contributed by atoms with Crippen molar-refractivity contribution in [3.05, 3.63) is 61.5 Å². The lowest BCUT2D eigenvalue weighted by atomic mass is 9.99. The Hall–Kier alpha value is -2.31. The van der Waals surface area contributed by atoms with E-state index >= 15 is 0 Å². The van der Waals surface area contributed by atoms with Crippen molar-refractivity contribution in [2.75, 3.05) is 31.6 Å². The van der Waals surface area contributed by atoms with E-state index in [4.69, 9.17) is 11.6 Å². The van der Waals surface area contributed by atoms with Crippen LogP contribution in [0.5, 0.6) is 0 Å². The summed E-state index contributed by atoms with van der Waals surface area (Å²) in [6.45, 7) is 9.39. The number of carbonyl (C=O) groups is 1. The Labute approximate surface area is 201 Å². The molecule has 0 unspecified atom stereocenters. The highest BCUT2D eigenvalue weighted by Gasteiger charge is 2.29. The molecule has 1 aliphatic heterocycles. The van der Waals surface area contributed by atoms with Crippen LogP contribution < -0.4 is 15.8 Å². The Morgan fingerprint density at radius 3 is 2.48 bits per heavy atom. The van der Waals surface area contributed by atoms with E-state index in [1.54, 1.807) is 6.07 Å². The Morgan fingerprint density at radius 1 is 1.15 bits per heavy atom. The topological polar surface area (TPSA) is 68.4 Å². The van der Waals surface area contributed by atoms with E-state index in [1.807, 2.05) is 32.9 Å². The van der Waals surface area contributed by atoms with Crippen LogP contribution in [0, 0.1) is 26.7 Å². The quantitative estimate of drug-likeness (QED) is 0.636. The maximum Gasteiger partial charge on any atom is 0.253 e. The van der Waals surface area contributed by atoms with Gasteiger partial charge in [0.1, 0.15) is 0 Å². The minimum Gasteiger partial charge on any atom is -0.371 e. The van der Waals surface area contributed by atoms with Crippen LogP contribution in [-0.2, 0) is 6.54 Å². The smallest absolute Gasteiger partial charge is 0.253 e. The number of likely N-dealkylation sites (tertiary alicyclic amines) is 1. The fraction of sp³-hybridized carbons (Fsp3) is 0.538. The van der Waals surface area contributed by atoms with E-state index in [0.29, 0.717) is 22.2 Å². The van der Waals surface area contributed by atoms with Gasteiger partial charge in [-0.15, -0.1) is 0 Å². The second-order valence-corrected chi connectivity index (χ2v) is 10.2. The standard InChI is InChI=1S/C26H35ClN4O2/c1-16-11-17(2)29-26(33)23(16)14-28-25(32)22-12-20(27)13-24(18(22)3)30(4)21-7-9-31(10-8-21)15-19-5-6-19/h11-13,19,21H,5-10,14-15H2,1-4H3,(H,28,32)(H,29,33). The Kier molecular flexibility index (Phi) is 7.15. The number of nitrogens with zero attached hydrogens (tertiary/aromatic N) is 2. The van der Waals surface area contributed by atoms with E-state index in [2.05, 4.69) is 27.1 Å². The first kappa shape index (κ1) is 23.8. The summed E-state index contributed by atoms with van der Waals surface area (Å²) in [6, 6.07) is 6.02. The van der Waals surface area contributed by atoms with Crippen molar-refractivity contribution in [1.29, 1.82) is 0 Å². The predicted molar refractivity (Wildman–Crippen MR) is 134 cm³/mol. The molecule has 1 saturated heterocycles. The van der Waals surface area contributed by atoms with Crippen LogP contribution in [0.3, 0.4) is 0 Å². The summed E-state index contributed by atoms with van der Waals surface area (Å²) >= 11 is 6.45. The minimum absolute atomic E-state index is 0.163. The molecule has 2 heterocycles. The second-order valence-electron chi connectivity index (χ2n) is 9.81. The number of hydrogen-bond acceptors (Lipinski definition) is 4. The summed E-state index contributed by atoms with van der Waals surface area (Å²) in [7, 11) is 2.11. The number of amides is 1.